The Morgan fingerprint density at radius 3 is 2.89 bits per heavy atom. The van der Waals surface area contributed by atoms with E-state index in [1.54, 1.807) is 30.1 Å². The molecule has 0 spiro atoms. The van der Waals surface area contributed by atoms with Crippen LogP contribution in [0, 0.1) is 5.82 Å². The highest BCUT2D eigenvalue weighted by molar-refractivity contribution is 5.38. The summed E-state index contributed by atoms with van der Waals surface area (Å²) in [5.74, 6) is 0.853. The number of nitrogens with zero attached hydrogens (tertiary/aromatic N) is 2. The van der Waals surface area contributed by atoms with Crippen molar-refractivity contribution in [2.45, 2.75) is 26.4 Å². The Bertz CT molecular complexity index is 537. The highest BCUT2D eigenvalue weighted by Gasteiger charge is 2.11. The molecule has 2 rings (SSSR count). The lowest BCUT2D eigenvalue weighted by molar-refractivity contribution is 0.468. The first-order valence-electron chi connectivity index (χ1n) is 5.85. The predicted molar refractivity (Wildman–Crippen MR) is 67.0 cm³/mol. The molecule has 0 fully saturated rings. The van der Waals surface area contributed by atoms with Crippen molar-refractivity contribution in [1.82, 2.24) is 9.78 Å². The second-order valence-corrected chi connectivity index (χ2v) is 4.10. The average molecular weight is 249 g/mol. The molecular weight excluding hydrogens is 233 g/mol. The first-order valence-corrected chi connectivity index (χ1v) is 5.85. The molecule has 1 heterocycles. The highest BCUT2D eigenvalue weighted by atomic mass is 19.1. The predicted octanol–water partition coefficient (Wildman–Crippen LogP) is 2.85. The van der Waals surface area contributed by atoms with Gasteiger partial charge in [-0.1, -0.05) is 0 Å². The molecule has 0 unspecified atom stereocenters. The molecule has 0 saturated heterocycles. The summed E-state index contributed by atoms with van der Waals surface area (Å²) in [5.41, 5.74) is 6.44. The van der Waals surface area contributed by atoms with Crippen LogP contribution < -0.4 is 10.5 Å². The number of hydrogen-bond acceptors (Lipinski definition) is 3. The summed E-state index contributed by atoms with van der Waals surface area (Å²) < 4.78 is 20.6. The summed E-state index contributed by atoms with van der Waals surface area (Å²) in [6.07, 6.45) is 3.41. The van der Waals surface area contributed by atoms with E-state index in [9.17, 15) is 4.39 Å². The molecule has 0 radical (unpaired) electrons. The Labute approximate surface area is 105 Å². The van der Waals surface area contributed by atoms with Crippen LogP contribution in [0.1, 0.15) is 25.5 Å². The molecule has 1 atom stereocenters. The van der Waals surface area contributed by atoms with Crippen molar-refractivity contribution in [2.24, 2.45) is 5.73 Å². The Balaban J connectivity index is 2.28. The van der Waals surface area contributed by atoms with Crippen molar-refractivity contribution in [2.75, 3.05) is 0 Å². The second-order valence-electron chi connectivity index (χ2n) is 4.10. The molecule has 0 aliphatic carbocycles. The standard InChI is InChI=1S/C13H16FN3O/c1-3-17-8-11(7-16-17)18-13-5-4-10(14)6-12(13)9(2)15/h4-9H,3,15H2,1-2H3/t9-/m0/s1. The van der Waals surface area contributed by atoms with Gasteiger partial charge in [0, 0.05) is 18.2 Å². The third-order valence-electron chi connectivity index (χ3n) is 2.62. The summed E-state index contributed by atoms with van der Waals surface area (Å²) in [4.78, 5) is 0. The van der Waals surface area contributed by atoms with Gasteiger partial charge < -0.3 is 10.5 Å². The quantitative estimate of drug-likeness (QED) is 0.906. The van der Waals surface area contributed by atoms with E-state index in [-0.39, 0.29) is 11.9 Å². The van der Waals surface area contributed by atoms with Gasteiger partial charge in [0.2, 0.25) is 0 Å². The van der Waals surface area contributed by atoms with E-state index >= 15 is 0 Å². The zero-order valence-electron chi connectivity index (χ0n) is 10.4. The minimum atomic E-state index is -0.320. The van der Waals surface area contributed by atoms with E-state index < -0.39 is 0 Å². The smallest absolute Gasteiger partial charge is 0.165 e. The number of ether oxygens (including phenoxy) is 1. The molecule has 18 heavy (non-hydrogen) atoms. The summed E-state index contributed by atoms with van der Waals surface area (Å²) in [7, 11) is 0. The molecule has 0 saturated carbocycles. The van der Waals surface area contributed by atoms with Crippen LogP contribution in [0.15, 0.2) is 30.6 Å². The number of aromatic nitrogens is 2. The molecule has 0 bridgehead atoms. The van der Waals surface area contributed by atoms with Crippen LogP contribution in [0.3, 0.4) is 0 Å². The molecule has 96 valence electrons. The van der Waals surface area contributed by atoms with Crippen molar-refractivity contribution < 1.29 is 9.13 Å². The van der Waals surface area contributed by atoms with Crippen molar-refractivity contribution in [3.63, 3.8) is 0 Å². The fourth-order valence-electron chi connectivity index (χ4n) is 1.67. The molecule has 1 aromatic heterocycles. The van der Waals surface area contributed by atoms with Crippen LogP contribution in [0.25, 0.3) is 0 Å². The van der Waals surface area contributed by atoms with Crippen molar-refractivity contribution in [3.8, 4) is 11.5 Å². The zero-order chi connectivity index (χ0) is 13.1. The van der Waals surface area contributed by atoms with Crippen LogP contribution in [0.2, 0.25) is 0 Å². The van der Waals surface area contributed by atoms with Crippen LogP contribution in [0.4, 0.5) is 4.39 Å². The fraction of sp³-hybridized carbons (Fsp3) is 0.308. The molecule has 2 aromatic rings. The van der Waals surface area contributed by atoms with Gasteiger partial charge in [0.15, 0.2) is 5.75 Å². The minimum Gasteiger partial charge on any atom is -0.454 e. The minimum absolute atomic E-state index is 0.295. The first-order chi connectivity index (χ1) is 8.60. The second kappa shape index (κ2) is 5.18. The van der Waals surface area contributed by atoms with Gasteiger partial charge in [-0.2, -0.15) is 5.10 Å². The summed E-state index contributed by atoms with van der Waals surface area (Å²) in [6.45, 7) is 4.55. The van der Waals surface area contributed by atoms with Gasteiger partial charge >= 0.3 is 0 Å². The van der Waals surface area contributed by atoms with Gasteiger partial charge in [0.05, 0.1) is 12.4 Å². The monoisotopic (exact) mass is 249 g/mol. The Morgan fingerprint density at radius 2 is 2.28 bits per heavy atom. The van der Waals surface area contributed by atoms with Crippen LogP contribution in [-0.4, -0.2) is 9.78 Å². The Hall–Kier alpha value is -1.88. The topological polar surface area (TPSA) is 53.1 Å². The van der Waals surface area contributed by atoms with E-state index in [1.807, 2.05) is 6.92 Å². The van der Waals surface area contributed by atoms with Gasteiger partial charge in [-0.3, -0.25) is 4.68 Å². The third kappa shape index (κ3) is 2.68. The lowest BCUT2D eigenvalue weighted by Gasteiger charge is -2.12. The Morgan fingerprint density at radius 1 is 1.50 bits per heavy atom. The molecule has 0 aliphatic heterocycles. The number of rotatable bonds is 4. The maximum atomic E-state index is 13.2. The van der Waals surface area contributed by atoms with Crippen molar-refractivity contribution in [1.29, 1.82) is 0 Å². The van der Waals surface area contributed by atoms with E-state index in [0.717, 1.165) is 6.54 Å². The van der Waals surface area contributed by atoms with E-state index in [4.69, 9.17) is 10.5 Å². The van der Waals surface area contributed by atoms with Crippen molar-refractivity contribution >= 4 is 0 Å². The average Bonchev–Trinajstić information content (AvgIpc) is 2.79. The lowest BCUT2D eigenvalue weighted by Crippen LogP contribution is -2.07. The number of aryl methyl sites for hydroxylation is 1. The van der Waals surface area contributed by atoms with E-state index in [0.29, 0.717) is 17.1 Å². The molecule has 5 heteroatoms. The van der Waals surface area contributed by atoms with Gasteiger partial charge in [-0.05, 0) is 32.0 Å². The molecule has 2 N–H and O–H groups in total. The van der Waals surface area contributed by atoms with Crippen LogP contribution >= 0.6 is 0 Å². The number of benzene rings is 1. The maximum Gasteiger partial charge on any atom is 0.165 e. The summed E-state index contributed by atoms with van der Waals surface area (Å²) >= 11 is 0. The largest absolute Gasteiger partial charge is 0.454 e. The summed E-state index contributed by atoms with van der Waals surface area (Å²) in [5, 5.41) is 4.11. The fourth-order valence-corrected chi connectivity index (χ4v) is 1.67. The normalized spacial score (nSPS) is 12.4. The molecule has 0 amide bonds. The van der Waals surface area contributed by atoms with Gasteiger partial charge in [0.25, 0.3) is 0 Å². The lowest BCUT2D eigenvalue weighted by atomic mass is 10.1. The number of hydrogen-bond donors (Lipinski definition) is 1. The number of halogens is 1. The SMILES string of the molecule is CCn1cc(Oc2ccc(F)cc2[C@H](C)N)cn1. The number of nitrogens with two attached hydrogens (primary N) is 1. The summed E-state index contributed by atoms with van der Waals surface area (Å²) in [6, 6.07) is 4.03. The van der Waals surface area contributed by atoms with Crippen LogP contribution in [-0.2, 0) is 6.54 Å². The van der Waals surface area contributed by atoms with E-state index in [1.165, 1.54) is 12.1 Å². The molecular formula is C13H16FN3O. The molecule has 1 aromatic carbocycles. The molecule has 0 aliphatic rings. The van der Waals surface area contributed by atoms with Crippen molar-refractivity contribution in [3.05, 3.63) is 42.0 Å². The van der Waals surface area contributed by atoms with Crippen LogP contribution in [0.5, 0.6) is 11.5 Å². The zero-order valence-corrected chi connectivity index (χ0v) is 10.4. The van der Waals surface area contributed by atoms with E-state index in [2.05, 4.69) is 5.10 Å². The Kier molecular flexibility index (Phi) is 3.62. The first kappa shape index (κ1) is 12.6. The highest BCUT2D eigenvalue weighted by Crippen LogP contribution is 2.29. The van der Waals surface area contributed by atoms with Gasteiger partial charge in [-0.15, -0.1) is 0 Å². The molecule has 4 nitrogen and oxygen atoms in total. The maximum absolute atomic E-state index is 13.2. The van der Waals surface area contributed by atoms with Gasteiger partial charge in [-0.25, -0.2) is 4.39 Å². The third-order valence-corrected chi connectivity index (χ3v) is 2.62. The van der Waals surface area contributed by atoms with Gasteiger partial charge in [0.1, 0.15) is 11.6 Å².